The average molecular weight is 317 g/mol. The standard InChI is InChI=1S/C16H16FN3O3/c1-9-7-20(8-12(9)16(22)23)15(21)11-6-18-19-14(11)10-4-2-3-5-13(10)17/h2-6,9,12H,7-8H2,1H3,(H,18,19)(H,22,23)/t9-,12-/m1/s1. The van der Waals surface area contributed by atoms with Gasteiger partial charge in [0.15, 0.2) is 0 Å². The van der Waals surface area contributed by atoms with E-state index in [1.54, 1.807) is 25.1 Å². The number of carbonyl (C=O) groups excluding carboxylic acids is 1. The van der Waals surface area contributed by atoms with Crippen LogP contribution in [-0.2, 0) is 4.79 Å². The molecule has 1 saturated heterocycles. The van der Waals surface area contributed by atoms with Crippen molar-refractivity contribution in [1.29, 1.82) is 0 Å². The van der Waals surface area contributed by atoms with Crippen LogP contribution < -0.4 is 0 Å². The lowest BCUT2D eigenvalue weighted by Crippen LogP contribution is -2.30. The molecule has 0 saturated carbocycles. The first-order valence-electron chi connectivity index (χ1n) is 7.29. The van der Waals surface area contributed by atoms with Crippen molar-refractivity contribution in [3.8, 4) is 11.3 Å². The minimum absolute atomic E-state index is 0.125. The van der Waals surface area contributed by atoms with Gasteiger partial charge in [-0.05, 0) is 18.1 Å². The van der Waals surface area contributed by atoms with E-state index in [0.29, 0.717) is 12.2 Å². The Labute approximate surface area is 131 Å². The highest BCUT2D eigenvalue weighted by Gasteiger charge is 2.38. The number of rotatable bonds is 3. The largest absolute Gasteiger partial charge is 0.481 e. The molecule has 0 radical (unpaired) electrons. The smallest absolute Gasteiger partial charge is 0.308 e. The maximum Gasteiger partial charge on any atom is 0.308 e. The Hall–Kier alpha value is -2.70. The zero-order chi connectivity index (χ0) is 16.6. The molecule has 6 nitrogen and oxygen atoms in total. The van der Waals surface area contributed by atoms with Crippen LogP contribution in [-0.4, -0.2) is 45.2 Å². The van der Waals surface area contributed by atoms with E-state index in [4.69, 9.17) is 0 Å². The average Bonchev–Trinajstić information content (AvgIpc) is 3.13. The van der Waals surface area contributed by atoms with Crippen molar-refractivity contribution in [2.24, 2.45) is 11.8 Å². The number of nitrogens with zero attached hydrogens (tertiary/aromatic N) is 2. The van der Waals surface area contributed by atoms with Crippen LogP contribution in [0.1, 0.15) is 17.3 Å². The number of likely N-dealkylation sites (tertiary alicyclic amines) is 1. The van der Waals surface area contributed by atoms with E-state index in [0.717, 1.165) is 0 Å². The maximum absolute atomic E-state index is 14.0. The van der Waals surface area contributed by atoms with E-state index in [9.17, 15) is 19.1 Å². The van der Waals surface area contributed by atoms with Gasteiger partial charge >= 0.3 is 5.97 Å². The number of benzene rings is 1. The van der Waals surface area contributed by atoms with Crippen LogP contribution in [0.15, 0.2) is 30.5 Å². The fourth-order valence-corrected chi connectivity index (χ4v) is 2.94. The summed E-state index contributed by atoms with van der Waals surface area (Å²) >= 11 is 0. The van der Waals surface area contributed by atoms with E-state index >= 15 is 0 Å². The van der Waals surface area contributed by atoms with Crippen LogP contribution >= 0.6 is 0 Å². The van der Waals surface area contributed by atoms with Gasteiger partial charge in [-0.1, -0.05) is 19.1 Å². The molecule has 0 aliphatic carbocycles. The Balaban J connectivity index is 1.90. The molecule has 1 aromatic heterocycles. The highest BCUT2D eigenvalue weighted by atomic mass is 19.1. The maximum atomic E-state index is 14.0. The molecular formula is C16H16FN3O3. The molecule has 23 heavy (non-hydrogen) atoms. The van der Waals surface area contributed by atoms with E-state index < -0.39 is 17.7 Å². The van der Waals surface area contributed by atoms with E-state index in [2.05, 4.69) is 10.2 Å². The summed E-state index contributed by atoms with van der Waals surface area (Å²) < 4.78 is 14.0. The lowest BCUT2D eigenvalue weighted by molar-refractivity contribution is -0.142. The first-order chi connectivity index (χ1) is 11.0. The van der Waals surface area contributed by atoms with Crippen LogP contribution in [0.4, 0.5) is 4.39 Å². The monoisotopic (exact) mass is 317 g/mol. The molecule has 1 amide bonds. The van der Waals surface area contributed by atoms with Gasteiger partial charge in [-0.3, -0.25) is 14.7 Å². The van der Waals surface area contributed by atoms with Gasteiger partial charge in [0, 0.05) is 18.7 Å². The minimum atomic E-state index is -0.908. The summed E-state index contributed by atoms with van der Waals surface area (Å²) in [6.07, 6.45) is 1.35. The number of aliphatic carboxylic acids is 1. The third-order valence-corrected chi connectivity index (χ3v) is 4.23. The topological polar surface area (TPSA) is 86.3 Å². The van der Waals surface area contributed by atoms with Gasteiger partial charge in [0.05, 0.1) is 23.4 Å². The molecule has 0 bridgehead atoms. The lowest BCUT2D eigenvalue weighted by Gasteiger charge is -2.16. The van der Waals surface area contributed by atoms with Crippen LogP contribution in [0.5, 0.6) is 0 Å². The molecule has 2 aromatic rings. The van der Waals surface area contributed by atoms with Gasteiger partial charge in [-0.2, -0.15) is 5.10 Å². The second-order valence-corrected chi connectivity index (χ2v) is 5.77. The molecule has 2 N–H and O–H groups in total. The first kappa shape index (κ1) is 15.2. The van der Waals surface area contributed by atoms with Crippen molar-refractivity contribution in [2.45, 2.75) is 6.92 Å². The highest BCUT2D eigenvalue weighted by Crippen LogP contribution is 2.28. The number of hydrogen-bond donors (Lipinski definition) is 2. The predicted molar refractivity (Wildman–Crippen MR) is 80.2 cm³/mol. The number of carboxylic acids is 1. The van der Waals surface area contributed by atoms with Gasteiger partial charge in [0.1, 0.15) is 5.82 Å². The van der Waals surface area contributed by atoms with E-state index in [-0.39, 0.29) is 29.5 Å². The second-order valence-electron chi connectivity index (χ2n) is 5.77. The number of H-pyrrole nitrogens is 1. The predicted octanol–water partition coefficient (Wildman–Crippen LogP) is 2.01. The number of halogens is 1. The van der Waals surface area contributed by atoms with Crippen molar-refractivity contribution in [3.63, 3.8) is 0 Å². The molecule has 1 aliphatic rings. The number of carbonyl (C=O) groups is 2. The Morgan fingerprint density at radius 2 is 2.09 bits per heavy atom. The summed E-state index contributed by atoms with van der Waals surface area (Å²) in [5.74, 6) is -2.41. The van der Waals surface area contributed by atoms with Gasteiger partial charge < -0.3 is 10.0 Å². The number of hydrogen-bond acceptors (Lipinski definition) is 3. The highest BCUT2D eigenvalue weighted by molar-refractivity contribution is 6.00. The van der Waals surface area contributed by atoms with Crippen LogP contribution in [0, 0.1) is 17.7 Å². The Morgan fingerprint density at radius 1 is 1.35 bits per heavy atom. The zero-order valence-electron chi connectivity index (χ0n) is 12.5. The zero-order valence-corrected chi connectivity index (χ0v) is 12.5. The van der Waals surface area contributed by atoms with E-state index in [1.807, 2.05) is 0 Å². The summed E-state index contributed by atoms with van der Waals surface area (Å²) in [5, 5.41) is 15.7. The van der Waals surface area contributed by atoms with Gasteiger partial charge in [0.2, 0.25) is 0 Å². The Morgan fingerprint density at radius 3 is 2.74 bits per heavy atom. The van der Waals surface area contributed by atoms with Crippen LogP contribution in [0.3, 0.4) is 0 Å². The van der Waals surface area contributed by atoms with E-state index in [1.165, 1.54) is 17.2 Å². The van der Waals surface area contributed by atoms with Crippen molar-refractivity contribution in [1.82, 2.24) is 15.1 Å². The second kappa shape index (κ2) is 5.83. The molecule has 1 aromatic carbocycles. The van der Waals surface area contributed by atoms with Crippen LogP contribution in [0.25, 0.3) is 11.3 Å². The van der Waals surface area contributed by atoms with Gasteiger partial charge in [0.25, 0.3) is 5.91 Å². The normalized spacial score (nSPS) is 20.7. The Bertz CT molecular complexity index is 759. The number of aromatic nitrogens is 2. The molecule has 120 valence electrons. The summed E-state index contributed by atoms with van der Waals surface area (Å²) in [7, 11) is 0. The lowest BCUT2D eigenvalue weighted by atomic mass is 9.99. The van der Waals surface area contributed by atoms with Gasteiger partial charge in [-0.15, -0.1) is 0 Å². The van der Waals surface area contributed by atoms with Gasteiger partial charge in [-0.25, -0.2) is 4.39 Å². The fraction of sp³-hybridized carbons (Fsp3) is 0.312. The molecule has 2 atom stereocenters. The quantitative estimate of drug-likeness (QED) is 0.906. The molecule has 7 heteroatoms. The first-order valence-corrected chi connectivity index (χ1v) is 7.29. The van der Waals surface area contributed by atoms with Crippen molar-refractivity contribution >= 4 is 11.9 Å². The number of amides is 1. The number of nitrogens with one attached hydrogen (secondary N) is 1. The fourth-order valence-electron chi connectivity index (χ4n) is 2.94. The molecule has 1 fully saturated rings. The summed E-state index contributed by atoms with van der Waals surface area (Å²) in [6, 6.07) is 6.11. The minimum Gasteiger partial charge on any atom is -0.481 e. The number of carboxylic acid groups (broad SMARTS) is 1. The molecule has 1 aliphatic heterocycles. The summed E-state index contributed by atoms with van der Waals surface area (Å²) in [4.78, 5) is 25.4. The summed E-state index contributed by atoms with van der Waals surface area (Å²) in [5.41, 5.74) is 0.809. The Kier molecular flexibility index (Phi) is 3.85. The van der Waals surface area contributed by atoms with Crippen molar-refractivity contribution < 1.29 is 19.1 Å². The molecule has 0 spiro atoms. The van der Waals surface area contributed by atoms with Crippen molar-refractivity contribution in [2.75, 3.05) is 13.1 Å². The third-order valence-electron chi connectivity index (χ3n) is 4.23. The summed E-state index contributed by atoms with van der Waals surface area (Å²) in [6.45, 7) is 2.31. The molecule has 2 heterocycles. The number of aromatic amines is 1. The molecule has 3 rings (SSSR count). The van der Waals surface area contributed by atoms with Crippen molar-refractivity contribution in [3.05, 3.63) is 41.8 Å². The van der Waals surface area contributed by atoms with Crippen LogP contribution in [0.2, 0.25) is 0 Å². The SMILES string of the molecule is C[C@@H]1CN(C(=O)c2cn[nH]c2-c2ccccc2F)C[C@H]1C(=O)O. The molecule has 0 unspecified atom stereocenters. The third kappa shape index (κ3) is 2.69. The molecular weight excluding hydrogens is 301 g/mol.